The largest absolute Gasteiger partial charge is 0.508 e. The number of aliphatic hydroxyl groups excluding tert-OH is 2. The third-order valence-corrected chi connectivity index (χ3v) is 5.06. The highest BCUT2D eigenvalue weighted by atomic mass is 32.1. The maximum atomic E-state index is 12.9. The highest BCUT2D eigenvalue weighted by Gasteiger charge is 2.43. The number of carbonyl (C=O) groups is 2. The van der Waals surface area contributed by atoms with Crippen molar-refractivity contribution in [2.75, 3.05) is 26.4 Å². The van der Waals surface area contributed by atoms with Crippen LogP contribution in [0.25, 0.3) is 0 Å². The van der Waals surface area contributed by atoms with Crippen LogP contribution < -0.4 is 0 Å². The number of rotatable bonds is 8. The van der Waals surface area contributed by atoms with Crippen LogP contribution in [0.4, 0.5) is 0 Å². The molecule has 0 saturated heterocycles. The molecule has 3 rings (SSSR count). The van der Waals surface area contributed by atoms with Gasteiger partial charge in [-0.3, -0.25) is 9.59 Å². The van der Waals surface area contributed by atoms with Crippen molar-refractivity contribution in [2.45, 2.75) is 6.04 Å². The summed E-state index contributed by atoms with van der Waals surface area (Å²) in [5, 5.41) is 30.8. The number of aliphatic hydroxyl groups is 2. The van der Waals surface area contributed by atoms with E-state index in [1.54, 1.807) is 29.6 Å². The molecule has 2 aromatic rings. The van der Waals surface area contributed by atoms with Crippen molar-refractivity contribution in [1.82, 2.24) is 4.90 Å². The molecule has 0 saturated carbocycles. The molecule has 7 nitrogen and oxygen atoms in total. The van der Waals surface area contributed by atoms with Gasteiger partial charge >= 0.3 is 0 Å². The van der Waals surface area contributed by atoms with Gasteiger partial charge in [-0.25, -0.2) is 0 Å². The van der Waals surface area contributed by atoms with Crippen LogP contribution in [-0.2, 0) is 9.53 Å². The molecule has 0 radical (unpaired) electrons. The number of carbonyl (C=O) groups excluding carboxylic acids is 2. The number of amides is 1. The third kappa shape index (κ3) is 3.87. The normalized spacial score (nSPS) is 17.0. The van der Waals surface area contributed by atoms with Crippen molar-refractivity contribution in [3.8, 4) is 5.75 Å². The second kappa shape index (κ2) is 8.34. The van der Waals surface area contributed by atoms with Crippen molar-refractivity contribution in [3.63, 3.8) is 0 Å². The number of ether oxygens (including phenoxy) is 1. The van der Waals surface area contributed by atoms with Crippen molar-refractivity contribution in [3.05, 3.63) is 63.6 Å². The van der Waals surface area contributed by atoms with Gasteiger partial charge in [-0.2, -0.15) is 0 Å². The first kappa shape index (κ1) is 19.1. The minimum atomic E-state index is -0.836. The zero-order chi connectivity index (χ0) is 19.4. The van der Waals surface area contributed by atoms with E-state index in [2.05, 4.69) is 0 Å². The first-order valence-corrected chi connectivity index (χ1v) is 9.22. The molecule has 2 heterocycles. The molecule has 1 aromatic heterocycles. The fraction of sp³-hybridized carbons (Fsp3) is 0.263. The summed E-state index contributed by atoms with van der Waals surface area (Å²) in [6, 6.07) is 8.74. The van der Waals surface area contributed by atoms with Crippen LogP contribution in [0.5, 0.6) is 5.75 Å². The van der Waals surface area contributed by atoms with E-state index in [0.29, 0.717) is 10.4 Å². The van der Waals surface area contributed by atoms with Crippen molar-refractivity contribution in [1.29, 1.82) is 0 Å². The number of hydrogen-bond acceptors (Lipinski definition) is 7. The predicted molar refractivity (Wildman–Crippen MR) is 98.8 cm³/mol. The summed E-state index contributed by atoms with van der Waals surface area (Å²) in [4.78, 5) is 27.3. The maximum absolute atomic E-state index is 12.9. The Morgan fingerprint density at radius 3 is 2.67 bits per heavy atom. The first-order valence-electron chi connectivity index (χ1n) is 8.34. The van der Waals surface area contributed by atoms with Crippen LogP contribution in [-0.4, -0.2) is 58.3 Å². The topological polar surface area (TPSA) is 107 Å². The number of benzene rings is 1. The zero-order valence-corrected chi connectivity index (χ0v) is 15.2. The fourth-order valence-corrected chi connectivity index (χ4v) is 3.71. The Labute approximate surface area is 159 Å². The molecular formula is C19H19NO6S. The summed E-state index contributed by atoms with van der Waals surface area (Å²) in [6.07, 6.45) is 0. The number of thiophene rings is 1. The third-order valence-electron chi connectivity index (χ3n) is 4.19. The molecule has 1 aliphatic rings. The van der Waals surface area contributed by atoms with Crippen LogP contribution in [0.15, 0.2) is 53.1 Å². The second-order valence-corrected chi connectivity index (χ2v) is 6.85. The second-order valence-electron chi connectivity index (χ2n) is 5.90. The van der Waals surface area contributed by atoms with Gasteiger partial charge in [-0.15, -0.1) is 11.3 Å². The SMILES string of the molecule is O=C(C1=C(O)C(=O)N(CCOCCO)[C@H]1c1cccc(O)c1)c1cccs1. The fourth-order valence-electron chi connectivity index (χ4n) is 3.03. The maximum Gasteiger partial charge on any atom is 0.290 e. The molecule has 1 aliphatic heterocycles. The minimum Gasteiger partial charge on any atom is -0.508 e. The van der Waals surface area contributed by atoms with Crippen LogP contribution in [0.3, 0.4) is 0 Å². The highest BCUT2D eigenvalue weighted by Crippen LogP contribution is 2.40. The summed E-state index contributed by atoms with van der Waals surface area (Å²) in [6.45, 7) is 0.231. The van der Waals surface area contributed by atoms with Gasteiger partial charge in [0, 0.05) is 6.54 Å². The lowest BCUT2D eigenvalue weighted by Crippen LogP contribution is -2.34. The van der Waals surface area contributed by atoms with Crippen LogP contribution >= 0.6 is 11.3 Å². The summed E-state index contributed by atoms with van der Waals surface area (Å²) in [5.74, 6) is -1.70. The molecule has 0 unspecified atom stereocenters. The van der Waals surface area contributed by atoms with E-state index in [1.807, 2.05) is 0 Å². The molecule has 1 amide bonds. The Bertz CT molecular complexity index is 861. The van der Waals surface area contributed by atoms with Crippen LogP contribution in [0, 0.1) is 0 Å². The zero-order valence-electron chi connectivity index (χ0n) is 14.4. The van der Waals surface area contributed by atoms with Crippen LogP contribution in [0.1, 0.15) is 21.3 Å². The summed E-state index contributed by atoms with van der Waals surface area (Å²) in [7, 11) is 0. The number of phenols is 1. The smallest absolute Gasteiger partial charge is 0.290 e. The molecule has 3 N–H and O–H groups in total. The van der Waals surface area contributed by atoms with Crippen molar-refractivity contribution >= 4 is 23.0 Å². The molecule has 142 valence electrons. The molecule has 8 heteroatoms. The van der Waals surface area contributed by atoms with Crippen LogP contribution in [0.2, 0.25) is 0 Å². The van der Waals surface area contributed by atoms with E-state index in [1.165, 1.54) is 28.4 Å². The molecule has 0 aliphatic carbocycles. The molecule has 1 atom stereocenters. The Morgan fingerprint density at radius 2 is 2.00 bits per heavy atom. The average molecular weight is 389 g/mol. The quantitative estimate of drug-likeness (QED) is 0.471. The molecule has 1 aromatic carbocycles. The van der Waals surface area contributed by atoms with E-state index < -0.39 is 23.5 Å². The molecule has 27 heavy (non-hydrogen) atoms. The predicted octanol–water partition coefficient (Wildman–Crippen LogP) is 2.04. The van der Waals surface area contributed by atoms with Gasteiger partial charge in [0.2, 0.25) is 5.78 Å². The summed E-state index contributed by atoms with van der Waals surface area (Å²) < 4.78 is 5.23. The number of hydrogen-bond donors (Lipinski definition) is 3. The number of Topliss-reactive ketones (excluding diaryl/α,β-unsaturated/α-hetero) is 1. The number of nitrogens with zero attached hydrogens (tertiary/aromatic N) is 1. The Hall–Kier alpha value is -2.68. The average Bonchev–Trinajstić information content (AvgIpc) is 3.27. The number of phenolic OH excluding ortho intramolecular Hbond substituents is 1. The first-order chi connectivity index (χ1) is 13.0. The van der Waals surface area contributed by atoms with E-state index in [0.717, 1.165) is 0 Å². The molecule has 0 fully saturated rings. The van der Waals surface area contributed by atoms with E-state index in [-0.39, 0.29) is 37.7 Å². The lowest BCUT2D eigenvalue weighted by Gasteiger charge is -2.26. The van der Waals surface area contributed by atoms with Gasteiger partial charge in [0.1, 0.15) is 5.75 Å². The summed E-state index contributed by atoms with van der Waals surface area (Å²) >= 11 is 1.22. The van der Waals surface area contributed by atoms with Gasteiger partial charge < -0.3 is 25.0 Å². The lowest BCUT2D eigenvalue weighted by molar-refractivity contribution is -0.130. The lowest BCUT2D eigenvalue weighted by atomic mass is 9.95. The highest BCUT2D eigenvalue weighted by molar-refractivity contribution is 7.12. The van der Waals surface area contributed by atoms with E-state index in [9.17, 15) is 19.8 Å². The van der Waals surface area contributed by atoms with Crippen molar-refractivity contribution in [2.24, 2.45) is 0 Å². The van der Waals surface area contributed by atoms with Crippen molar-refractivity contribution < 1.29 is 29.6 Å². The number of aromatic hydroxyl groups is 1. The van der Waals surface area contributed by atoms with Gasteiger partial charge in [-0.1, -0.05) is 18.2 Å². The van der Waals surface area contributed by atoms with E-state index >= 15 is 0 Å². The molecule has 0 bridgehead atoms. The van der Waals surface area contributed by atoms with Gasteiger partial charge in [0.15, 0.2) is 5.76 Å². The Kier molecular flexibility index (Phi) is 5.90. The van der Waals surface area contributed by atoms with E-state index in [4.69, 9.17) is 9.84 Å². The minimum absolute atomic E-state index is 0.00857. The Balaban J connectivity index is 1.98. The Morgan fingerprint density at radius 1 is 1.19 bits per heavy atom. The molecule has 0 spiro atoms. The van der Waals surface area contributed by atoms with Gasteiger partial charge in [-0.05, 0) is 29.1 Å². The standard InChI is InChI=1S/C19H19NO6S/c21-7-9-26-8-6-20-16(12-3-1-4-13(22)11-12)15(18(24)19(20)25)17(23)14-5-2-10-27-14/h1-5,10-11,16,21-22,24H,6-9H2/t16-/m0/s1. The molecular weight excluding hydrogens is 370 g/mol. The number of ketones is 1. The van der Waals surface area contributed by atoms with Gasteiger partial charge in [0.05, 0.1) is 36.3 Å². The monoisotopic (exact) mass is 389 g/mol. The van der Waals surface area contributed by atoms with Gasteiger partial charge in [0.25, 0.3) is 5.91 Å². The summed E-state index contributed by atoms with van der Waals surface area (Å²) in [5.41, 5.74) is 0.490.